The molecule has 1 aromatic carbocycles. The predicted molar refractivity (Wildman–Crippen MR) is 76.6 cm³/mol. The Morgan fingerprint density at radius 3 is 2.74 bits per heavy atom. The van der Waals surface area contributed by atoms with Gasteiger partial charge in [0.1, 0.15) is 0 Å². The molecule has 19 heavy (non-hydrogen) atoms. The molecule has 2 unspecified atom stereocenters. The molecule has 4 nitrogen and oxygen atoms in total. The lowest BCUT2D eigenvalue weighted by atomic mass is 9.90. The van der Waals surface area contributed by atoms with Crippen molar-refractivity contribution < 1.29 is 9.90 Å². The lowest BCUT2D eigenvalue weighted by Crippen LogP contribution is -2.56. The number of hydrogen-bond acceptors (Lipinski definition) is 4. The quantitative estimate of drug-likeness (QED) is 0.724. The molecular weight excluding hydrogens is 240 g/mol. The van der Waals surface area contributed by atoms with E-state index in [9.17, 15) is 9.90 Å². The van der Waals surface area contributed by atoms with Crippen molar-refractivity contribution in [3.8, 4) is 0 Å². The van der Waals surface area contributed by atoms with Crippen LogP contribution in [-0.4, -0.2) is 35.6 Å². The van der Waals surface area contributed by atoms with Crippen LogP contribution < -0.4 is 10.6 Å². The van der Waals surface area contributed by atoms with Crippen molar-refractivity contribution in [3.05, 3.63) is 29.8 Å². The van der Waals surface area contributed by atoms with Crippen LogP contribution in [0.2, 0.25) is 0 Å². The first-order valence-electron chi connectivity index (χ1n) is 6.86. The molecule has 0 bridgehead atoms. The monoisotopic (exact) mass is 262 g/mol. The summed E-state index contributed by atoms with van der Waals surface area (Å²) in [5, 5.41) is 16.8. The molecule has 1 aliphatic rings. The lowest BCUT2D eigenvalue weighted by Gasteiger charge is -2.38. The molecule has 0 spiro atoms. The van der Waals surface area contributed by atoms with Gasteiger partial charge in [-0.1, -0.05) is 6.92 Å². The van der Waals surface area contributed by atoms with Gasteiger partial charge in [-0.25, -0.2) is 0 Å². The summed E-state index contributed by atoms with van der Waals surface area (Å²) in [7, 11) is 0. The maximum Gasteiger partial charge on any atom is 0.162 e. The highest BCUT2D eigenvalue weighted by Crippen LogP contribution is 2.21. The number of aliphatic hydroxyl groups is 1. The molecule has 3 N–H and O–H groups in total. The van der Waals surface area contributed by atoms with Crippen molar-refractivity contribution in [2.24, 2.45) is 0 Å². The normalized spacial score (nSPS) is 27.0. The second-order valence-corrected chi connectivity index (χ2v) is 5.37. The smallest absolute Gasteiger partial charge is 0.162 e. The molecule has 1 saturated heterocycles. The van der Waals surface area contributed by atoms with Gasteiger partial charge in [0.2, 0.25) is 0 Å². The van der Waals surface area contributed by atoms with E-state index in [-0.39, 0.29) is 11.8 Å². The molecule has 0 aromatic heterocycles. The standard InChI is InChI=1S/C15H22N2O2/c1-3-13(18)11-4-6-12(7-5-11)17-14-8-9-16-10-15(14,2)19/h4-7,14,16-17,19H,3,8-10H2,1-2H3. The average molecular weight is 262 g/mol. The number of carbonyl (C=O) groups is 1. The van der Waals surface area contributed by atoms with Crippen molar-refractivity contribution >= 4 is 11.5 Å². The van der Waals surface area contributed by atoms with Crippen LogP contribution in [0.15, 0.2) is 24.3 Å². The maximum atomic E-state index is 11.5. The summed E-state index contributed by atoms with van der Waals surface area (Å²) in [5.74, 6) is 0.153. The molecular formula is C15H22N2O2. The molecule has 2 rings (SSSR count). The summed E-state index contributed by atoms with van der Waals surface area (Å²) in [6.07, 6.45) is 1.40. The zero-order valence-corrected chi connectivity index (χ0v) is 11.6. The molecule has 104 valence electrons. The molecule has 2 atom stereocenters. The van der Waals surface area contributed by atoms with E-state index in [4.69, 9.17) is 0 Å². The third-order valence-corrected chi connectivity index (χ3v) is 3.71. The number of anilines is 1. The first-order valence-corrected chi connectivity index (χ1v) is 6.86. The third-order valence-electron chi connectivity index (χ3n) is 3.71. The van der Waals surface area contributed by atoms with Crippen molar-refractivity contribution in [2.45, 2.75) is 38.3 Å². The number of piperidine rings is 1. The van der Waals surface area contributed by atoms with Crippen LogP contribution in [0.3, 0.4) is 0 Å². The molecule has 4 heteroatoms. The van der Waals surface area contributed by atoms with E-state index in [1.807, 2.05) is 38.1 Å². The van der Waals surface area contributed by atoms with Crippen LogP contribution in [0.5, 0.6) is 0 Å². The summed E-state index contributed by atoms with van der Waals surface area (Å²) in [4.78, 5) is 11.5. The number of β-amino-alcohol motifs (C(OH)–C–C–N with tert-alkyl or cyclic N) is 1. The first-order chi connectivity index (χ1) is 9.03. The van der Waals surface area contributed by atoms with Gasteiger partial charge in [0.15, 0.2) is 5.78 Å². The fourth-order valence-electron chi connectivity index (χ4n) is 2.41. The van der Waals surface area contributed by atoms with Crippen molar-refractivity contribution in [1.82, 2.24) is 5.32 Å². The van der Waals surface area contributed by atoms with Gasteiger partial charge >= 0.3 is 0 Å². The van der Waals surface area contributed by atoms with Gasteiger partial charge in [-0.15, -0.1) is 0 Å². The predicted octanol–water partition coefficient (Wildman–Crippen LogP) is 1.80. The highest BCUT2D eigenvalue weighted by atomic mass is 16.3. The van der Waals surface area contributed by atoms with Gasteiger partial charge in [0.05, 0.1) is 11.6 Å². The van der Waals surface area contributed by atoms with Crippen LogP contribution >= 0.6 is 0 Å². The van der Waals surface area contributed by atoms with Crippen molar-refractivity contribution in [3.63, 3.8) is 0 Å². The number of Topliss-reactive ketones (excluding diaryl/α,β-unsaturated/α-hetero) is 1. The van der Waals surface area contributed by atoms with Gasteiger partial charge in [-0.3, -0.25) is 4.79 Å². The van der Waals surface area contributed by atoms with E-state index in [1.165, 1.54) is 0 Å². The summed E-state index contributed by atoms with van der Waals surface area (Å²) >= 11 is 0. The first kappa shape index (κ1) is 14.0. The Morgan fingerprint density at radius 2 is 2.16 bits per heavy atom. The number of ketones is 1. The zero-order chi connectivity index (χ0) is 13.9. The lowest BCUT2D eigenvalue weighted by molar-refractivity contribution is 0.0230. The second kappa shape index (κ2) is 5.72. The Morgan fingerprint density at radius 1 is 1.47 bits per heavy atom. The second-order valence-electron chi connectivity index (χ2n) is 5.37. The van der Waals surface area contributed by atoms with Crippen LogP contribution in [0.4, 0.5) is 5.69 Å². The number of hydrogen-bond donors (Lipinski definition) is 3. The van der Waals surface area contributed by atoms with E-state index in [0.29, 0.717) is 13.0 Å². The van der Waals surface area contributed by atoms with Gasteiger partial charge < -0.3 is 15.7 Å². The number of benzene rings is 1. The zero-order valence-electron chi connectivity index (χ0n) is 11.6. The molecule has 1 aromatic rings. The molecule has 1 aliphatic heterocycles. The molecule has 0 aliphatic carbocycles. The van der Waals surface area contributed by atoms with E-state index in [1.54, 1.807) is 0 Å². The van der Waals surface area contributed by atoms with E-state index >= 15 is 0 Å². The van der Waals surface area contributed by atoms with Crippen LogP contribution in [0.1, 0.15) is 37.0 Å². The van der Waals surface area contributed by atoms with Gasteiger partial charge in [-0.2, -0.15) is 0 Å². The molecule has 1 fully saturated rings. The fraction of sp³-hybridized carbons (Fsp3) is 0.533. The number of carbonyl (C=O) groups excluding carboxylic acids is 1. The Labute approximate surface area is 114 Å². The summed E-state index contributed by atoms with van der Waals surface area (Å²) in [5.41, 5.74) is 0.931. The Kier molecular flexibility index (Phi) is 4.22. The maximum absolute atomic E-state index is 11.5. The SMILES string of the molecule is CCC(=O)c1ccc(NC2CCNCC2(C)O)cc1. The van der Waals surface area contributed by atoms with Gasteiger partial charge in [0.25, 0.3) is 0 Å². The topological polar surface area (TPSA) is 61.4 Å². The Bertz CT molecular complexity index is 440. The molecule has 1 heterocycles. The number of nitrogens with one attached hydrogen (secondary N) is 2. The van der Waals surface area contributed by atoms with Gasteiger partial charge in [-0.05, 0) is 44.2 Å². The minimum atomic E-state index is -0.754. The average Bonchev–Trinajstić information content (AvgIpc) is 2.41. The van der Waals surface area contributed by atoms with Gasteiger partial charge in [0, 0.05) is 24.2 Å². The van der Waals surface area contributed by atoms with Crippen LogP contribution in [-0.2, 0) is 0 Å². The highest BCUT2D eigenvalue weighted by molar-refractivity contribution is 5.96. The summed E-state index contributed by atoms with van der Waals surface area (Å²) in [6, 6.07) is 7.51. The van der Waals surface area contributed by atoms with E-state index in [2.05, 4.69) is 10.6 Å². The minimum Gasteiger partial charge on any atom is -0.387 e. The summed E-state index contributed by atoms with van der Waals surface area (Å²) < 4.78 is 0. The van der Waals surface area contributed by atoms with Crippen LogP contribution in [0, 0.1) is 0 Å². The fourth-order valence-corrected chi connectivity index (χ4v) is 2.41. The molecule has 0 saturated carbocycles. The molecule has 0 amide bonds. The highest BCUT2D eigenvalue weighted by Gasteiger charge is 2.34. The third kappa shape index (κ3) is 3.33. The van der Waals surface area contributed by atoms with Crippen molar-refractivity contribution in [1.29, 1.82) is 0 Å². The molecule has 0 radical (unpaired) electrons. The summed E-state index contributed by atoms with van der Waals surface area (Å²) in [6.45, 7) is 5.20. The number of rotatable bonds is 4. The largest absolute Gasteiger partial charge is 0.387 e. The van der Waals surface area contributed by atoms with Crippen molar-refractivity contribution in [2.75, 3.05) is 18.4 Å². The Hall–Kier alpha value is -1.39. The van der Waals surface area contributed by atoms with Crippen LogP contribution in [0.25, 0.3) is 0 Å². The van der Waals surface area contributed by atoms with E-state index in [0.717, 1.165) is 24.2 Å². The van der Waals surface area contributed by atoms with E-state index < -0.39 is 5.60 Å². The Balaban J connectivity index is 2.05. The minimum absolute atomic E-state index is 0.0291.